The van der Waals surface area contributed by atoms with Gasteiger partial charge < -0.3 is 4.98 Å². The second kappa shape index (κ2) is 6.02. The summed E-state index contributed by atoms with van der Waals surface area (Å²) in [5.74, 6) is 0.739. The summed E-state index contributed by atoms with van der Waals surface area (Å²) < 4.78 is 0. The topological polar surface area (TPSA) is 45.8 Å². The van der Waals surface area contributed by atoms with Gasteiger partial charge in [0.25, 0.3) is 0 Å². The molecule has 1 heterocycles. The maximum Gasteiger partial charge on any atom is 0.346 e. The van der Waals surface area contributed by atoms with Gasteiger partial charge in [0.2, 0.25) is 0 Å². The number of benzene rings is 1. The molecule has 3 rings (SSSR count). The summed E-state index contributed by atoms with van der Waals surface area (Å²) in [5.41, 5.74) is 3.11. The minimum Gasteiger partial charge on any atom is -0.309 e. The molecule has 1 aliphatic rings. The molecule has 0 bridgehead atoms. The highest BCUT2D eigenvalue weighted by Crippen LogP contribution is 2.30. The summed E-state index contributed by atoms with van der Waals surface area (Å²) >= 11 is 7.76. The predicted molar refractivity (Wildman–Crippen MR) is 82.5 cm³/mol. The predicted octanol–water partition coefficient (Wildman–Crippen LogP) is 3.59. The van der Waals surface area contributed by atoms with Crippen LogP contribution in [0.25, 0.3) is 0 Å². The Morgan fingerprint density at radius 2 is 2.05 bits per heavy atom. The molecule has 0 unspecified atom stereocenters. The quantitative estimate of drug-likeness (QED) is 0.696. The van der Waals surface area contributed by atoms with Crippen molar-refractivity contribution in [2.24, 2.45) is 0 Å². The third kappa shape index (κ3) is 2.91. The summed E-state index contributed by atoms with van der Waals surface area (Å²) in [7, 11) is 0. The number of aromatic amines is 1. The maximum atomic E-state index is 11.6. The average Bonchev–Trinajstić information content (AvgIpc) is 2.46. The van der Waals surface area contributed by atoms with Crippen molar-refractivity contribution < 1.29 is 0 Å². The van der Waals surface area contributed by atoms with E-state index < -0.39 is 0 Å². The van der Waals surface area contributed by atoms with Gasteiger partial charge in [-0.15, -0.1) is 11.8 Å². The van der Waals surface area contributed by atoms with Gasteiger partial charge in [0.15, 0.2) is 0 Å². The maximum absolute atomic E-state index is 11.6. The molecular formula is C15H15ClN2OS. The molecule has 1 N–H and O–H groups in total. The first-order valence-corrected chi connectivity index (χ1v) is 8.08. The van der Waals surface area contributed by atoms with Crippen LogP contribution in [0.3, 0.4) is 0 Å². The molecule has 0 fully saturated rings. The molecule has 1 aromatic heterocycles. The van der Waals surface area contributed by atoms with Gasteiger partial charge in [-0.2, -0.15) is 4.98 Å². The smallest absolute Gasteiger partial charge is 0.309 e. The van der Waals surface area contributed by atoms with Crippen LogP contribution < -0.4 is 5.69 Å². The van der Waals surface area contributed by atoms with E-state index in [9.17, 15) is 4.79 Å². The van der Waals surface area contributed by atoms with Crippen LogP contribution in [0, 0.1) is 0 Å². The molecule has 1 aliphatic carbocycles. The third-order valence-corrected chi connectivity index (χ3v) is 4.94. The molecule has 104 valence electrons. The van der Waals surface area contributed by atoms with Crippen LogP contribution in [0.4, 0.5) is 0 Å². The lowest BCUT2D eigenvalue weighted by atomic mass is 9.98. The van der Waals surface area contributed by atoms with Crippen LogP contribution in [-0.2, 0) is 18.6 Å². The van der Waals surface area contributed by atoms with Gasteiger partial charge >= 0.3 is 5.69 Å². The number of nitrogens with zero attached hydrogens (tertiary/aromatic N) is 1. The van der Waals surface area contributed by atoms with Crippen molar-refractivity contribution in [2.75, 3.05) is 0 Å². The van der Waals surface area contributed by atoms with Crippen molar-refractivity contribution in [1.82, 2.24) is 9.97 Å². The second-order valence-electron chi connectivity index (χ2n) is 4.89. The minimum atomic E-state index is -0.243. The Hall–Kier alpha value is -1.26. The molecule has 2 aromatic rings. The standard InChI is InChI=1S/C15H15ClN2OS/c16-12-7-3-1-5-10(12)9-20-14-11-6-2-4-8-13(11)17-15(19)18-14/h1,3,5,7H,2,4,6,8-9H2,(H,17,18,19). The summed E-state index contributed by atoms with van der Waals surface area (Å²) in [5, 5.41) is 1.63. The Bertz CT molecular complexity index is 684. The van der Waals surface area contributed by atoms with E-state index in [2.05, 4.69) is 9.97 Å². The normalized spacial score (nSPS) is 14.1. The molecule has 0 radical (unpaired) electrons. The van der Waals surface area contributed by atoms with Gasteiger partial charge in [-0.25, -0.2) is 4.79 Å². The SMILES string of the molecule is O=c1nc(SCc2ccccc2Cl)c2c([nH]1)CCCC2. The zero-order valence-electron chi connectivity index (χ0n) is 11.0. The van der Waals surface area contributed by atoms with Crippen molar-refractivity contribution in [3.05, 3.63) is 56.6 Å². The van der Waals surface area contributed by atoms with Crippen molar-refractivity contribution >= 4 is 23.4 Å². The van der Waals surface area contributed by atoms with E-state index in [0.717, 1.165) is 46.3 Å². The van der Waals surface area contributed by atoms with Crippen LogP contribution >= 0.6 is 23.4 Å². The second-order valence-corrected chi connectivity index (χ2v) is 6.26. The van der Waals surface area contributed by atoms with Gasteiger partial charge in [-0.3, -0.25) is 0 Å². The number of hydrogen-bond donors (Lipinski definition) is 1. The Balaban J connectivity index is 1.86. The molecule has 3 nitrogen and oxygen atoms in total. The molecule has 0 amide bonds. The van der Waals surface area contributed by atoms with Crippen LogP contribution in [0.1, 0.15) is 29.7 Å². The highest BCUT2D eigenvalue weighted by atomic mass is 35.5. The van der Waals surface area contributed by atoms with E-state index in [0.29, 0.717) is 0 Å². The van der Waals surface area contributed by atoms with Crippen molar-refractivity contribution in [3.8, 4) is 0 Å². The number of H-pyrrole nitrogens is 1. The van der Waals surface area contributed by atoms with E-state index in [4.69, 9.17) is 11.6 Å². The van der Waals surface area contributed by atoms with Crippen LogP contribution in [0.2, 0.25) is 5.02 Å². The summed E-state index contributed by atoms with van der Waals surface area (Å²) in [6.45, 7) is 0. The Morgan fingerprint density at radius 1 is 1.25 bits per heavy atom. The first-order valence-electron chi connectivity index (χ1n) is 6.72. The zero-order chi connectivity index (χ0) is 13.9. The first-order chi connectivity index (χ1) is 9.74. The fourth-order valence-corrected chi connectivity index (χ4v) is 3.85. The lowest BCUT2D eigenvalue weighted by Crippen LogP contribution is -2.19. The van der Waals surface area contributed by atoms with Gasteiger partial charge in [0.1, 0.15) is 5.03 Å². The van der Waals surface area contributed by atoms with Crippen LogP contribution in [0.15, 0.2) is 34.1 Å². The number of hydrogen-bond acceptors (Lipinski definition) is 3. The first kappa shape index (κ1) is 13.7. The van der Waals surface area contributed by atoms with E-state index in [1.54, 1.807) is 11.8 Å². The number of rotatable bonds is 3. The molecule has 0 atom stereocenters. The molecule has 20 heavy (non-hydrogen) atoms. The fourth-order valence-electron chi connectivity index (χ4n) is 2.48. The molecule has 1 aromatic carbocycles. The Kier molecular flexibility index (Phi) is 4.13. The third-order valence-electron chi connectivity index (χ3n) is 3.51. The highest BCUT2D eigenvalue weighted by molar-refractivity contribution is 7.98. The van der Waals surface area contributed by atoms with E-state index in [-0.39, 0.29) is 5.69 Å². The van der Waals surface area contributed by atoms with Gasteiger partial charge in [0.05, 0.1) is 0 Å². The van der Waals surface area contributed by atoms with E-state index >= 15 is 0 Å². The molecular weight excluding hydrogens is 292 g/mol. The molecule has 0 aliphatic heterocycles. The number of fused-ring (bicyclic) bond motifs is 1. The Labute approximate surface area is 126 Å². The molecule has 0 saturated carbocycles. The minimum absolute atomic E-state index is 0.243. The van der Waals surface area contributed by atoms with E-state index in [1.165, 1.54) is 12.0 Å². The number of nitrogens with one attached hydrogen (secondary N) is 1. The summed E-state index contributed by atoms with van der Waals surface area (Å²) in [6.07, 6.45) is 4.26. The molecule has 0 spiro atoms. The number of aryl methyl sites for hydroxylation is 1. The number of aromatic nitrogens is 2. The number of halogens is 1. The highest BCUT2D eigenvalue weighted by Gasteiger charge is 2.16. The fraction of sp³-hybridized carbons (Fsp3) is 0.333. The van der Waals surface area contributed by atoms with Gasteiger partial charge in [-0.05, 0) is 37.3 Å². The summed E-state index contributed by atoms with van der Waals surface area (Å²) in [6, 6.07) is 7.79. The lowest BCUT2D eigenvalue weighted by Gasteiger charge is -2.17. The van der Waals surface area contributed by atoms with Crippen molar-refractivity contribution in [1.29, 1.82) is 0 Å². The van der Waals surface area contributed by atoms with E-state index in [1.807, 2.05) is 24.3 Å². The van der Waals surface area contributed by atoms with Crippen molar-refractivity contribution in [2.45, 2.75) is 36.5 Å². The lowest BCUT2D eigenvalue weighted by molar-refractivity contribution is 0.639. The van der Waals surface area contributed by atoms with Crippen LogP contribution in [-0.4, -0.2) is 9.97 Å². The molecule has 5 heteroatoms. The van der Waals surface area contributed by atoms with Gasteiger partial charge in [0, 0.05) is 22.0 Å². The van der Waals surface area contributed by atoms with Crippen LogP contribution in [0.5, 0.6) is 0 Å². The molecule has 0 saturated heterocycles. The monoisotopic (exact) mass is 306 g/mol. The summed E-state index contributed by atoms with van der Waals surface area (Å²) in [4.78, 5) is 18.6. The Morgan fingerprint density at radius 3 is 2.90 bits per heavy atom. The van der Waals surface area contributed by atoms with Gasteiger partial charge in [-0.1, -0.05) is 29.8 Å². The van der Waals surface area contributed by atoms with Crippen molar-refractivity contribution in [3.63, 3.8) is 0 Å². The largest absolute Gasteiger partial charge is 0.346 e. The zero-order valence-corrected chi connectivity index (χ0v) is 12.6. The number of thioether (sulfide) groups is 1. The average molecular weight is 307 g/mol.